The number of rotatable bonds is 10. The zero-order valence-electron chi connectivity index (χ0n) is 21.4. The van der Waals surface area contributed by atoms with E-state index in [4.69, 9.17) is 26.3 Å². The largest absolute Gasteiger partial charge is 0.492 e. The van der Waals surface area contributed by atoms with Gasteiger partial charge in [0, 0.05) is 18.2 Å². The smallest absolute Gasteiger partial charge is 0.282 e. The Balaban J connectivity index is 1.41. The van der Waals surface area contributed by atoms with Crippen LogP contribution in [0, 0.1) is 0 Å². The third-order valence-corrected chi connectivity index (χ3v) is 6.75. The molecule has 0 aromatic heterocycles. The van der Waals surface area contributed by atoms with Gasteiger partial charge < -0.3 is 4.74 Å². The van der Waals surface area contributed by atoms with E-state index in [1.54, 1.807) is 17.2 Å². The van der Waals surface area contributed by atoms with Crippen LogP contribution < -0.4 is 4.74 Å². The van der Waals surface area contributed by atoms with E-state index in [0.717, 1.165) is 40.9 Å². The first kappa shape index (κ1) is 25.7. The first-order valence-electron chi connectivity index (χ1n) is 13.1. The van der Waals surface area contributed by atoms with Crippen LogP contribution in [-0.2, 0) is 11.2 Å². The van der Waals surface area contributed by atoms with Gasteiger partial charge in [0.15, 0.2) is 5.84 Å². The number of amides is 1. The number of carbonyl (C=O) groups is 1. The maximum Gasteiger partial charge on any atom is 0.282 e. The summed E-state index contributed by atoms with van der Waals surface area (Å²) >= 11 is 6.50. The second-order valence-corrected chi connectivity index (χ2v) is 9.75. The summed E-state index contributed by atoms with van der Waals surface area (Å²) in [4.78, 5) is 24.7. The van der Waals surface area contributed by atoms with Crippen molar-refractivity contribution in [3.8, 4) is 5.75 Å². The van der Waals surface area contributed by atoms with E-state index < -0.39 is 0 Å². The highest BCUT2D eigenvalue weighted by molar-refractivity contribution is 6.48. The Hall–Kier alpha value is -3.96. The van der Waals surface area contributed by atoms with Gasteiger partial charge in [-0.25, -0.2) is 9.98 Å². The number of hydrogen-bond acceptors (Lipinski definition) is 4. The molecule has 0 saturated heterocycles. The van der Waals surface area contributed by atoms with Gasteiger partial charge in [-0.3, -0.25) is 9.69 Å². The fraction of sp³-hybridized carbons (Fsp3) is 0.219. The minimum Gasteiger partial charge on any atom is -0.492 e. The second-order valence-electron chi connectivity index (χ2n) is 9.34. The van der Waals surface area contributed by atoms with Crippen molar-refractivity contribution in [1.29, 1.82) is 0 Å². The highest BCUT2D eigenvalue weighted by Crippen LogP contribution is 2.31. The van der Waals surface area contributed by atoms with Crippen LogP contribution in [0.15, 0.2) is 101 Å². The van der Waals surface area contributed by atoms with Crippen molar-refractivity contribution in [2.75, 3.05) is 6.61 Å². The number of benzene rings is 3. The Morgan fingerprint density at radius 3 is 2.42 bits per heavy atom. The van der Waals surface area contributed by atoms with Crippen LogP contribution in [0.3, 0.4) is 0 Å². The van der Waals surface area contributed by atoms with Crippen LogP contribution in [0.4, 0.5) is 0 Å². The predicted molar refractivity (Wildman–Crippen MR) is 155 cm³/mol. The van der Waals surface area contributed by atoms with Gasteiger partial charge in [0.25, 0.3) is 5.91 Å². The Morgan fingerprint density at radius 2 is 1.68 bits per heavy atom. The van der Waals surface area contributed by atoms with Crippen molar-refractivity contribution in [2.24, 2.45) is 9.98 Å². The molecule has 5 nitrogen and oxygen atoms in total. The molecular weight excluding hydrogens is 494 g/mol. The normalized spacial score (nSPS) is 15.7. The molecule has 3 aromatic rings. The number of unbranched alkanes of at least 4 members (excludes halogenated alkanes) is 3. The number of carbonyl (C=O) groups excluding carboxylic acids is 1. The summed E-state index contributed by atoms with van der Waals surface area (Å²) in [6, 6.07) is 25.5. The van der Waals surface area contributed by atoms with Crippen LogP contribution in [0.1, 0.15) is 49.3 Å². The van der Waals surface area contributed by atoms with Crippen molar-refractivity contribution in [1.82, 2.24) is 4.90 Å². The van der Waals surface area contributed by atoms with Crippen molar-refractivity contribution in [3.05, 3.63) is 112 Å². The first-order chi connectivity index (χ1) is 18.6. The van der Waals surface area contributed by atoms with Gasteiger partial charge in [-0.15, -0.1) is 0 Å². The van der Waals surface area contributed by atoms with E-state index in [0.29, 0.717) is 35.3 Å². The monoisotopic (exact) mass is 523 g/mol. The summed E-state index contributed by atoms with van der Waals surface area (Å²) in [5.74, 6) is 1.02. The summed E-state index contributed by atoms with van der Waals surface area (Å²) in [5, 5.41) is 0.517. The molecule has 0 radical (unpaired) electrons. The lowest BCUT2D eigenvalue weighted by Gasteiger charge is -2.21. The average Bonchev–Trinajstić information content (AvgIpc) is 3.26. The standard InChI is InChI=1S/C32H30ClN3O2/c1-2-3-4-11-18-38-30-17-16-24(19-26(30)33)21-28-32(37)36-22-29(25-14-9-6-10-15-25)34-27(31(36)35-28)20-23-12-7-5-8-13-23/h5-10,12-17,19,21-22H,2-4,11,18,20H2,1H3/b28-21-. The van der Waals surface area contributed by atoms with Crippen molar-refractivity contribution < 1.29 is 9.53 Å². The predicted octanol–water partition coefficient (Wildman–Crippen LogP) is 7.58. The number of nitrogens with zero attached hydrogens (tertiary/aromatic N) is 3. The molecule has 0 spiro atoms. The van der Waals surface area contributed by atoms with E-state index in [2.05, 4.69) is 19.1 Å². The van der Waals surface area contributed by atoms with Gasteiger partial charge in [0.1, 0.15) is 11.4 Å². The van der Waals surface area contributed by atoms with Crippen LogP contribution in [0.2, 0.25) is 5.02 Å². The Bertz CT molecular complexity index is 1430. The molecule has 1 amide bonds. The molecule has 0 aliphatic carbocycles. The third-order valence-electron chi connectivity index (χ3n) is 6.46. The minimum absolute atomic E-state index is 0.193. The number of amidine groups is 1. The summed E-state index contributed by atoms with van der Waals surface area (Å²) in [7, 11) is 0. The Labute approximate surface area is 228 Å². The van der Waals surface area contributed by atoms with Gasteiger partial charge in [-0.05, 0) is 35.8 Å². The van der Waals surface area contributed by atoms with E-state index in [1.807, 2.05) is 66.7 Å². The van der Waals surface area contributed by atoms with Crippen molar-refractivity contribution in [2.45, 2.75) is 39.0 Å². The lowest BCUT2D eigenvalue weighted by atomic mass is 10.1. The SMILES string of the molecule is CCCCCCOc1ccc(/C=C2\N=C3C(Cc4ccccc4)=NC(c4ccccc4)=CN3C2=O)cc1Cl. The van der Waals surface area contributed by atoms with E-state index in [1.165, 1.54) is 12.8 Å². The molecule has 0 saturated carbocycles. The molecule has 192 valence electrons. The highest BCUT2D eigenvalue weighted by Gasteiger charge is 2.35. The summed E-state index contributed by atoms with van der Waals surface area (Å²) in [6.07, 6.45) is 8.65. The molecule has 38 heavy (non-hydrogen) atoms. The lowest BCUT2D eigenvalue weighted by molar-refractivity contribution is -0.120. The average molecular weight is 524 g/mol. The lowest BCUT2D eigenvalue weighted by Crippen LogP contribution is -2.36. The number of halogens is 1. The Morgan fingerprint density at radius 1 is 0.921 bits per heavy atom. The van der Waals surface area contributed by atoms with Crippen molar-refractivity contribution >= 4 is 40.8 Å². The topological polar surface area (TPSA) is 54.3 Å². The Kier molecular flexibility index (Phi) is 8.15. The molecule has 2 heterocycles. The van der Waals surface area contributed by atoms with Crippen LogP contribution >= 0.6 is 11.6 Å². The quantitative estimate of drug-likeness (QED) is 0.203. The maximum atomic E-state index is 13.5. The zero-order chi connectivity index (χ0) is 26.3. The molecule has 0 fully saturated rings. The zero-order valence-corrected chi connectivity index (χ0v) is 22.2. The number of ether oxygens (including phenoxy) is 1. The molecule has 0 N–H and O–H groups in total. The fourth-order valence-corrected chi connectivity index (χ4v) is 4.69. The van der Waals surface area contributed by atoms with Crippen LogP contribution in [-0.4, -0.2) is 29.0 Å². The molecule has 0 unspecified atom stereocenters. The number of hydrogen-bond donors (Lipinski definition) is 0. The second kappa shape index (κ2) is 12.1. The summed E-state index contributed by atoms with van der Waals surface area (Å²) in [5.41, 5.74) is 4.66. The molecular formula is C32H30ClN3O2. The number of aliphatic imine (C=N–C) groups is 2. The van der Waals surface area contributed by atoms with Gasteiger partial charge in [0.2, 0.25) is 0 Å². The first-order valence-corrected chi connectivity index (χ1v) is 13.5. The van der Waals surface area contributed by atoms with E-state index in [9.17, 15) is 4.79 Å². The molecule has 0 atom stereocenters. The third kappa shape index (κ3) is 5.95. The van der Waals surface area contributed by atoms with Gasteiger partial charge in [-0.1, -0.05) is 105 Å². The van der Waals surface area contributed by atoms with Crippen LogP contribution in [0.25, 0.3) is 11.8 Å². The highest BCUT2D eigenvalue weighted by atomic mass is 35.5. The molecule has 2 aliphatic heterocycles. The molecule has 0 bridgehead atoms. The van der Waals surface area contributed by atoms with Crippen molar-refractivity contribution in [3.63, 3.8) is 0 Å². The number of fused-ring (bicyclic) bond motifs is 1. The van der Waals surface area contributed by atoms with Gasteiger partial charge in [-0.2, -0.15) is 0 Å². The molecule has 2 aliphatic rings. The maximum absolute atomic E-state index is 13.5. The fourth-order valence-electron chi connectivity index (χ4n) is 4.45. The van der Waals surface area contributed by atoms with E-state index in [-0.39, 0.29) is 5.91 Å². The van der Waals surface area contributed by atoms with E-state index >= 15 is 0 Å². The van der Waals surface area contributed by atoms with Gasteiger partial charge in [0.05, 0.1) is 23.0 Å². The molecule has 5 rings (SSSR count). The summed E-state index contributed by atoms with van der Waals surface area (Å²) < 4.78 is 5.85. The molecule has 3 aromatic carbocycles. The molecule has 6 heteroatoms. The summed E-state index contributed by atoms with van der Waals surface area (Å²) in [6.45, 7) is 2.83. The van der Waals surface area contributed by atoms with Gasteiger partial charge >= 0.3 is 0 Å². The van der Waals surface area contributed by atoms with Crippen LogP contribution in [0.5, 0.6) is 5.75 Å². The minimum atomic E-state index is -0.193.